The molecular formula is C25H20F5NO2. The van der Waals surface area contributed by atoms with Crippen LogP contribution in [0.25, 0.3) is 0 Å². The Morgan fingerprint density at radius 2 is 1.67 bits per heavy atom. The van der Waals surface area contributed by atoms with Crippen molar-refractivity contribution in [2.75, 3.05) is 5.32 Å². The van der Waals surface area contributed by atoms with Crippen LogP contribution in [0, 0.1) is 25.5 Å². The van der Waals surface area contributed by atoms with Crippen molar-refractivity contribution in [3.63, 3.8) is 0 Å². The fourth-order valence-electron chi connectivity index (χ4n) is 3.60. The lowest BCUT2D eigenvalue weighted by Crippen LogP contribution is -2.17. The molecule has 1 saturated carbocycles. The van der Waals surface area contributed by atoms with Gasteiger partial charge >= 0.3 is 6.18 Å². The maximum atomic E-state index is 13.8. The topological polar surface area (TPSA) is 38.3 Å². The molecule has 4 rings (SSSR count). The standard InChI is InChI=1S/C25H20F5NO2/c1-13-10-17(6-7-21(13)27)31-24(32)19-11-20(25(28,29)30)18(15-3-4-15)12-23(19)33-22-8-5-16(26)9-14(22)2/h5-12,15H,3-4H2,1-2H3,(H,31,32). The van der Waals surface area contributed by atoms with E-state index >= 15 is 0 Å². The Labute approximate surface area is 187 Å². The van der Waals surface area contributed by atoms with E-state index in [2.05, 4.69) is 5.32 Å². The van der Waals surface area contributed by atoms with E-state index in [-0.39, 0.29) is 39.8 Å². The van der Waals surface area contributed by atoms with Crippen molar-refractivity contribution in [2.45, 2.75) is 38.8 Å². The molecule has 3 aromatic rings. The number of aryl methyl sites for hydroxylation is 2. The summed E-state index contributed by atoms with van der Waals surface area (Å²) in [6.07, 6.45) is -3.44. The van der Waals surface area contributed by atoms with Crippen molar-refractivity contribution >= 4 is 11.6 Å². The highest BCUT2D eigenvalue weighted by Crippen LogP contribution is 2.48. The minimum Gasteiger partial charge on any atom is -0.456 e. The third kappa shape index (κ3) is 4.99. The second kappa shape index (κ2) is 8.50. The molecule has 0 aliphatic heterocycles. The van der Waals surface area contributed by atoms with Crippen LogP contribution >= 0.6 is 0 Å². The minimum absolute atomic E-state index is 0.0615. The van der Waals surface area contributed by atoms with Gasteiger partial charge in [-0.15, -0.1) is 0 Å². The lowest BCUT2D eigenvalue weighted by molar-refractivity contribution is -0.138. The van der Waals surface area contributed by atoms with E-state index in [0.717, 1.165) is 18.2 Å². The number of benzene rings is 3. The molecule has 1 N–H and O–H groups in total. The fraction of sp³-hybridized carbons (Fsp3) is 0.240. The Balaban J connectivity index is 1.79. The molecule has 1 aliphatic carbocycles. The molecule has 1 amide bonds. The zero-order valence-corrected chi connectivity index (χ0v) is 17.8. The average molecular weight is 461 g/mol. The van der Waals surface area contributed by atoms with Crippen LogP contribution in [0.3, 0.4) is 0 Å². The second-order valence-corrected chi connectivity index (χ2v) is 8.14. The van der Waals surface area contributed by atoms with Crippen LogP contribution in [0.4, 0.5) is 27.6 Å². The number of amides is 1. The van der Waals surface area contributed by atoms with Gasteiger partial charge in [-0.1, -0.05) is 0 Å². The largest absolute Gasteiger partial charge is 0.456 e. The van der Waals surface area contributed by atoms with Crippen LogP contribution in [0.1, 0.15) is 51.4 Å². The van der Waals surface area contributed by atoms with Crippen LogP contribution < -0.4 is 10.1 Å². The van der Waals surface area contributed by atoms with Crippen molar-refractivity contribution < 1.29 is 31.5 Å². The Morgan fingerprint density at radius 3 is 2.27 bits per heavy atom. The molecule has 0 bridgehead atoms. The van der Waals surface area contributed by atoms with Crippen molar-refractivity contribution in [2.24, 2.45) is 0 Å². The SMILES string of the molecule is Cc1cc(NC(=O)c2cc(C(F)(F)F)c(C3CC3)cc2Oc2ccc(F)cc2C)ccc1F. The van der Waals surface area contributed by atoms with Crippen LogP contribution in [0.2, 0.25) is 0 Å². The summed E-state index contributed by atoms with van der Waals surface area (Å²) in [6.45, 7) is 3.09. The van der Waals surface area contributed by atoms with E-state index in [1.54, 1.807) is 6.92 Å². The Hall–Kier alpha value is -3.42. The van der Waals surface area contributed by atoms with E-state index in [1.807, 2.05) is 0 Å². The lowest BCUT2D eigenvalue weighted by atomic mass is 9.98. The Morgan fingerprint density at radius 1 is 0.939 bits per heavy atom. The highest BCUT2D eigenvalue weighted by atomic mass is 19.4. The average Bonchev–Trinajstić information content (AvgIpc) is 3.57. The van der Waals surface area contributed by atoms with Gasteiger partial charge < -0.3 is 10.1 Å². The number of ether oxygens (including phenoxy) is 1. The molecule has 3 aromatic carbocycles. The van der Waals surface area contributed by atoms with Gasteiger partial charge in [0.2, 0.25) is 0 Å². The van der Waals surface area contributed by atoms with Crippen molar-refractivity contribution in [1.82, 2.24) is 0 Å². The number of alkyl halides is 3. The molecule has 8 heteroatoms. The summed E-state index contributed by atoms with van der Waals surface area (Å²) in [6, 6.07) is 9.61. The van der Waals surface area contributed by atoms with Gasteiger partial charge in [0.05, 0.1) is 11.1 Å². The summed E-state index contributed by atoms with van der Waals surface area (Å²) in [5, 5.41) is 2.51. The maximum absolute atomic E-state index is 13.8. The third-order valence-corrected chi connectivity index (χ3v) is 5.49. The third-order valence-electron chi connectivity index (χ3n) is 5.49. The van der Waals surface area contributed by atoms with Crippen LogP contribution in [0.5, 0.6) is 11.5 Å². The van der Waals surface area contributed by atoms with Gasteiger partial charge in [0, 0.05) is 5.69 Å². The molecule has 0 unspecified atom stereocenters. The number of carbonyl (C=O) groups is 1. The molecule has 3 nitrogen and oxygen atoms in total. The number of anilines is 1. The Kier molecular flexibility index (Phi) is 5.86. The van der Waals surface area contributed by atoms with Crippen molar-refractivity contribution in [3.05, 3.63) is 88.0 Å². The van der Waals surface area contributed by atoms with Gasteiger partial charge in [0.15, 0.2) is 0 Å². The first kappa shape index (κ1) is 22.8. The fourth-order valence-corrected chi connectivity index (χ4v) is 3.60. The summed E-state index contributed by atoms with van der Waals surface area (Å²) >= 11 is 0. The predicted octanol–water partition coefficient (Wildman–Crippen LogP) is 7.52. The summed E-state index contributed by atoms with van der Waals surface area (Å²) in [7, 11) is 0. The monoisotopic (exact) mass is 461 g/mol. The van der Waals surface area contributed by atoms with E-state index in [4.69, 9.17) is 4.74 Å². The highest BCUT2D eigenvalue weighted by molar-refractivity contribution is 6.06. The molecule has 33 heavy (non-hydrogen) atoms. The molecule has 172 valence electrons. The zero-order chi connectivity index (χ0) is 23.9. The Bertz CT molecular complexity index is 1230. The molecule has 0 atom stereocenters. The van der Waals surface area contributed by atoms with Crippen molar-refractivity contribution in [1.29, 1.82) is 0 Å². The van der Waals surface area contributed by atoms with Crippen LogP contribution in [-0.2, 0) is 6.18 Å². The van der Waals surface area contributed by atoms with Gasteiger partial charge in [-0.05, 0) is 97.8 Å². The molecule has 0 saturated heterocycles. The smallest absolute Gasteiger partial charge is 0.416 e. The summed E-state index contributed by atoms with van der Waals surface area (Å²) in [5.41, 5.74) is -0.255. The van der Waals surface area contributed by atoms with E-state index in [0.29, 0.717) is 18.4 Å². The zero-order valence-electron chi connectivity index (χ0n) is 17.8. The number of halogens is 5. The molecule has 0 radical (unpaired) electrons. The number of carbonyl (C=O) groups excluding carboxylic acids is 1. The number of hydrogen-bond acceptors (Lipinski definition) is 2. The van der Waals surface area contributed by atoms with E-state index in [1.165, 1.54) is 37.3 Å². The van der Waals surface area contributed by atoms with Gasteiger partial charge in [-0.3, -0.25) is 4.79 Å². The summed E-state index contributed by atoms with van der Waals surface area (Å²) in [4.78, 5) is 13.0. The highest BCUT2D eigenvalue weighted by Gasteiger charge is 2.40. The number of rotatable bonds is 5. The molecule has 1 fully saturated rings. The van der Waals surface area contributed by atoms with Gasteiger partial charge in [-0.2, -0.15) is 13.2 Å². The molecule has 0 heterocycles. The van der Waals surface area contributed by atoms with Gasteiger partial charge in [0.25, 0.3) is 5.91 Å². The van der Waals surface area contributed by atoms with Gasteiger partial charge in [-0.25, -0.2) is 8.78 Å². The molecule has 1 aliphatic rings. The van der Waals surface area contributed by atoms with Gasteiger partial charge in [0.1, 0.15) is 23.1 Å². The summed E-state index contributed by atoms with van der Waals surface area (Å²) < 4.78 is 74.3. The van der Waals surface area contributed by atoms with Crippen LogP contribution in [-0.4, -0.2) is 5.91 Å². The second-order valence-electron chi connectivity index (χ2n) is 8.14. The first-order chi connectivity index (χ1) is 15.5. The normalized spacial score (nSPS) is 13.7. The first-order valence-electron chi connectivity index (χ1n) is 10.3. The predicted molar refractivity (Wildman–Crippen MR) is 114 cm³/mol. The minimum atomic E-state index is -4.66. The van der Waals surface area contributed by atoms with Crippen LogP contribution in [0.15, 0.2) is 48.5 Å². The quantitative estimate of drug-likeness (QED) is 0.399. The lowest BCUT2D eigenvalue weighted by Gasteiger charge is -2.19. The number of hydrogen-bond donors (Lipinski definition) is 1. The molecular weight excluding hydrogens is 441 g/mol. The molecule has 0 spiro atoms. The maximum Gasteiger partial charge on any atom is 0.416 e. The van der Waals surface area contributed by atoms with Crippen molar-refractivity contribution in [3.8, 4) is 11.5 Å². The van der Waals surface area contributed by atoms with E-state index in [9.17, 15) is 26.7 Å². The molecule has 0 aromatic heterocycles. The number of nitrogens with one attached hydrogen (secondary N) is 1. The first-order valence-corrected chi connectivity index (χ1v) is 10.3. The van der Waals surface area contributed by atoms with E-state index < -0.39 is 29.3 Å². The summed E-state index contributed by atoms with van der Waals surface area (Å²) in [5.74, 6) is -1.94.